The summed E-state index contributed by atoms with van der Waals surface area (Å²) in [5.74, 6) is 0.586. The second kappa shape index (κ2) is 7.57. The molecule has 21 heavy (non-hydrogen) atoms. The molecule has 0 aliphatic heterocycles. The summed E-state index contributed by atoms with van der Waals surface area (Å²) in [6.45, 7) is 7.17. The maximum Gasteiger partial charge on any atom is 0.225 e. The number of nitrogens with two attached hydrogens (primary N) is 1. The Hall–Kier alpha value is -1.39. The molecule has 3 N–H and O–H groups in total. The van der Waals surface area contributed by atoms with E-state index < -0.39 is 0 Å². The molecule has 0 heterocycles. The average molecular weight is 289 g/mol. The first-order valence-electron chi connectivity index (χ1n) is 7.99. The fraction of sp³-hybridized carbons (Fsp3) is 0.588. The van der Waals surface area contributed by atoms with Gasteiger partial charge in [-0.05, 0) is 43.5 Å². The zero-order valence-corrected chi connectivity index (χ0v) is 13.1. The van der Waals surface area contributed by atoms with Gasteiger partial charge in [-0.2, -0.15) is 0 Å². The van der Waals surface area contributed by atoms with Gasteiger partial charge in [0, 0.05) is 24.7 Å². The monoisotopic (exact) mass is 289 g/mol. The Morgan fingerprint density at radius 3 is 2.62 bits per heavy atom. The van der Waals surface area contributed by atoms with Gasteiger partial charge in [-0.15, -0.1) is 0 Å². The van der Waals surface area contributed by atoms with E-state index in [0.717, 1.165) is 30.9 Å². The quantitative estimate of drug-likeness (QED) is 0.773. The summed E-state index contributed by atoms with van der Waals surface area (Å²) in [6, 6.07) is 8.04. The normalized spacial score (nSPS) is 16.0. The Morgan fingerprint density at radius 2 is 2.00 bits per heavy atom. The van der Waals surface area contributed by atoms with Gasteiger partial charge in [0.15, 0.2) is 0 Å². The van der Waals surface area contributed by atoms with Crippen LogP contribution in [0.4, 0.5) is 5.69 Å². The van der Waals surface area contributed by atoms with Gasteiger partial charge in [0.05, 0.1) is 0 Å². The van der Waals surface area contributed by atoms with Crippen molar-refractivity contribution in [2.45, 2.75) is 45.7 Å². The first-order chi connectivity index (χ1) is 10.1. The lowest BCUT2D eigenvalue weighted by Crippen LogP contribution is -2.29. The summed E-state index contributed by atoms with van der Waals surface area (Å²) >= 11 is 0. The molecular weight excluding hydrogens is 262 g/mol. The van der Waals surface area contributed by atoms with Crippen LogP contribution >= 0.6 is 0 Å². The Balaban J connectivity index is 1.96. The number of rotatable bonds is 8. The number of benzene rings is 1. The zero-order chi connectivity index (χ0) is 15.2. The van der Waals surface area contributed by atoms with Crippen molar-refractivity contribution in [2.24, 2.45) is 11.7 Å². The third kappa shape index (κ3) is 4.83. The number of carbonyl (C=O) groups is 1. The third-order valence-corrected chi connectivity index (χ3v) is 4.23. The number of nitrogens with zero attached hydrogens (tertiary/aromatic N) is 1. The molecule has 4 heteroatoms. The van der Waals surface area contributed by atoms with E-state index >= 15 is 0 Å². The third-order valence-electron chi connectivity index (χ3n) is 4.23. The summed E-state index contributed by atoms with van der Waals surface area (Å²) in [4.78, 5) is 14.5. The topological polar surface area (TPSA) is 58.4 Å². The zero-order valence-electron chi connectivity index (χ0n) is 13.1. The summed E-state index contributed by atoms with van der Waals surface area (Å²) in [5.41, 5.74) is 8.10. The number of carbonyl (C=O) groups excluding carboxylic acids is 1. The highest BCUT2D eigenvalue weighted by molar-refractivity contribution is 5.91. The van der Waals surface area contributed by atoms with E-state index in [0.29, 0.717) is 12.3 Å². The SMILES string of the molecule is CCN(CC)Cc1ccccc1NC(=O)CC(N)C1CC1. The van der Waals surface area contributed by atoms with Gasteiger partial charge in [0.25, 0.3) is 0 Å². The van der Waals surface area contributed by atoms with Gasteiger partial charge in [0.2, 0.25) is 5.91 Å². The van der Waals surface area contributed by atoms with Crippen LogP contribution < -0.4 is 11.1 Å². The molecule has 1 saturated carbocycles. The summed E-state index contributed by atoms with van der Waals surface area (Å²) in [7, 11) is 0. The molecule has 0 saturated heterocycles. The fourth-order valence-corrected chi connectivity index (χ4v) is 2.57. The fourth-order valence-electron chi connectivity index (χ4n) is 2.57. The summed E-state index contributed by atoms with van der Waals surface area (Å²) < 4.78 is 0. The molecule has 0 bridgehead atoms. The molecule has 1 fully saturated rings. The molecular formula is C17H27N3O. The highest BCUT2D eigenvalue weighted by Crippen LogP contribution is 2.33. The van der Waals surface area contributed by atoms with Gasteiger partial charge in [0.1, 0.15) is 0 Å². The Labute approximate surface area is 127 Å². The smallest absolute Gasteiger partial charge is 0.225 e. The molecule has 1 aromatic carbocycles. The van der Waals surface area contributed by atoms with Crippen molar-refractivity contribution in [2.75, 3.05) is 18.4 Å². The van der Waals surface area contributed by atoms with Crippen molar-refractivity contribution < 1.29 is 4.79 Å². The van der Waals surface area contributed by atoms with E-state index in [9.17, 15) is 4.79 Å². The highest BCUT2D eigenvalue weighted by atomic mass is 16.1. The van der Waals surface area contributed by atoms with Crippen molar-refractivity contribution in [3.05, 3.63) is 29.8 Å². The minimum atomic E-state index is 0.0138. The first kappa shape index (κ1) is 16.0. The van der Waals surface area contributed by atoms with Crippen LogP contribution in [-0.2, 0) is 11.3 Å². The number of nitrogens with one attached hydrogen (secondary N) is 1. The first-order valence-corrected chi connectivity index (χ1v) is 7.99. The van der Waals surface area contributed by atoms with Crippen LogP contribution in [0.2, 0.25) is 0 Å². The van der Waals surface area contributed by atoms with Gasteiger partial charge < -0.3 is 11.1 Å². The van der Waals surface area contributed by atoms with Crippen molar-refractivity contribution in [3.63, 3.8) is 0 Å². The van der Waals surface area contributed by atoms with Gasteiger partial charge in [-0.3, -0.25) is 9.69 Å². The number of para-hydroxylation sites is 1. The number of hydrogen-bond donors (Lipinski definition) is 2. The van der Waals surface area contributed by atoms with Crippen molar-refractivity contribution in [3.8, 4) is 0 Å². The molecule has 1 unspecified atom stereocenters. The van der Waals surface area contributed by atoms with Crippen LogP contribution in [0.5, 0.6) is 0 Å². The van der Waals surface area contributed by atoms with E-state index in [4.69, 9.17) is 5.73 Å². The average Bonchev–Trinajstić information content (AvgIpc) is 3.30. The van der Waals surface area contributed by atoms with Crippen molar-refractivity contribution in [1.29, 1.82) is 0 Å². The molecule has 116 valence electrons. The Kier molecular flexibility index (Phi) is 5.76. The second-order valence-electron chi connectivity index (χ2n) is 5.87. The van der Waals surface area contributed by atoms with Crippen LogP contribution in [0.15, 0.2) is 24.3 Å². The maximum atomic E-state index is 12.1. The van der Waals surface area contributed by atoms with E-state index in [1.54, 1.807) is 0 Å². The molecule has 4 nitrogen and oxygen atoms in total. The number of hydrogen-bond acceptors (Lipinski definition) is 3. The molecule has 0 spiro atoms. The Bertz CT molecular complexity index is 467. The van der Waals surface area contributed by atoms with Crippen LogP contribution in [0.1, 0.15) is 38.7 Å². The van der Waals surface area contributed by atoms with Crippen LogP contribution in [0.3, 0.4) is 0 Å². The minimum Gasteiger partial charge on any atom is -0.327 e. The molecule has 1 aromatic rings. The number of anilines is 1. The predicted molar refractivity (Wildman–Crippen MR) is 87.0 cm³/mol. The van der Waals surface area contributed by atoms with Crippen molar-refractivity contribution in [1.82, 2.24) is 4.90 Å². The molecule has 0 radical (unpaired) electrons. The van der Waals surface area contributed by atoms with Gasteiger partial charge in [-0.1, -0.05) is 32.0 Å². The lowest BCUT2D eigenvalue weighted by Gasteiger charge is -2.20. The largest absolute Gasteiger partial charge is 0.327 e. The molecule has 1 atom stereocenters. The standard InChI is InChI=1S/C17H27N3O/c1-3-20(4-2)12-14-7-5-6-8-16(14)19-17(21)11-15(18)13-9-10-13/h5-8,13,15H,3-4,9-12,18H2,1-2H3,(H,19,21). The van der Waals surface area contributed by atoms with E-state index in [1.165, 1.54) is 12.8 Å². The molecule has 1 amide bonds. The lowest BCUT2D eigenvalue weighted by atomic mass is 10.1. The second-order valence-corrected chi connectivity index (χ2v) is 5.87. The van der Waals surface area contributed by atoms with Crippen LogP contribution in [-0.4, -0.2) is 29.9 Å². The highest BCUT2D eigenvalue weighted by Gasteiger charge is 2.29. The van der Waals surface area contributed by atoms with E-state index in [-0.39, 0.29) is 11.9 Å². The van der Waals surface area contributed by atoms with E-state index in [1.807, 2.05) is 18.2 Å². The van der Waals surface area contributed by atoms with Crippen molar-refractivity contribution >= 4 is 11.6 Å². The Morgan fingerprint density at radius 1 is 1.33 bits per heavy atom. The van der Waals surface area contributed by atoms with Gasteiger partial charge in [-0.25, -0.2) is 0 Å². The molecule has 0 aromatic heterocycles. The minimum absolute atomic E-state index is 0.0138. The van der Waals surface area contributed by atoms with E-state index in [2.05, 4.69) is 30.1 Å². The van der Waals surface area contributed by atoms with Crippen LogP contribution in [0, 0.1) is 5.92 Å². The molecule has 1 aliphatic rings. The maximum absolute atomic E-state index is 12.1. The van der Waals surface area contributed by atoms with Crippen LogP contribution in [0.25, 0.3) is 0 Å². The number of amides is 1. The summed E-state index contributed by atoms with van der Waals surface area (Å²) in [6.07, 6.45) is 2.77. The molecule has 1 aliphatic carbocycles. The lowest BCUT2D eigenvalue weighted by molar-refractivity contribution is -0.116. The predicted octanol–water partition coefficient (Wildman–Crippen LogP) is 2.59. The summed E-state index contributed by atoms with van der Waals surface area (Å²) in [5, 5.41) is 3.03. The van der Waals surface area contributed by atoms with Gasteiger partial charge >= 0.3 is 0 Å². The molecule has 2 rings (SSSR count).